The number of fused-ring (bicyclic) bond motifs is 1. The van der Waals surface area contributed by atoms with Crippen LogP contribution in [0.25, 0.3) is 17.0 Å². The summed E-state index contributed by atoms with van der Waals surface area (Å²) in [6, 6.07) is 20.3. The molecule has 0 N–H and O–H groups in total. The number of carbonyl (C=O) groups excluding carboxylic acids is 1. The number of allylic oxidation sites excluding steroid dienone is 1. The molecule has 150 valence electrons. The van der Waals surface area contributed by atoms with Gasteiger partial charge in [-0.3, -0.25) is 4.79 Å². The minimum Gasteiger partial charge on any atom is -0.327 e. The molecule has 0 saturated heterocycles. The van der Waals surface area contributed by atoms with E-state index in [1.807, 2.05) is 53.1 Å². The maximum absolute atomic E-state index is 13.1. The summed E-state index contributed by atoms with van der Waals surface area (Å²) in [6.45, 7) is 0.524. The Hall–Kier alpha value is -2.23. The van der Waals surface area contributed by atoms with Crippen LogP contribution in [-0.2, 0) is 6.54 Å². The fraction of sp³-hybridized carbons (Fsp3) is 0.0417. The van der Waals surface area contributed by atoms with E-state index in [9.17, 15) is 4.79 Å². The Morgan fingerprint density at radius 3 is 2.30 bits per heavy atom. The Labute approximate surface area is 194 Å². The van der Waals surface area contributed by atoms with E-state index in [-0.39, 0.29) is 5.78 Å². The van der Waals surface area contributed by atoms with Crippen molar-refractivity contribution in [3.05, 3.63) is 110 Å². The van der Waals surface area contributed by atoms with Gasteiger partial charge in [0.1, 0.15) is 5.15 Å². The minimum absolute atomic E-state index is 0.197. The van der Waals surface area contributed by atoms with Gasteiger partial charge in [0.05, 0.1) is 11.1 Å². The number of rotatable bonds is 5. The highest BCUT2D eigenvalue weighted by Gasteiger charge is 2.20. The van der Waals surface area contributed by atoms with Gasteiger partial charge in [0.15, 0.2) is 5.78 Å². The number of para-hydroxylation sites is 1. The van der Waals surface area contributed by atoms with Gasteiger partial charge in [0, 0.05) is 27.0 Å². The molecule has 0 amide bonds. The van der Waals surface area contributed by atoms with E-state index >= 15 is 0 Å². The Kier molecular flexibility index (Phi) is 6.21. The molecule has 0 radical (unpaired) electrons. The first-order valence-corrected chi connectivity index (χ1v) is 10.6. The van der Waals surface area contributed by atoms with Gasteiger partial charge in [0.2, 0.25) is 0 Å². The normalized spacial score (nSPS) is 11.5. The van der Waals surface area contributed by atoms with Crippen molar-refractivity contribution in [2.45, 2.75) is 6.54 Å². The van der Waals surface area contributed by atoms with Crippen LogP contribution in [0, 0.1) is 0 Å². The van der Waals surface area contributed by atoms with Gasteiger partial charge >= 0.3 is 0 Å². The van der Waals surface area contributed by atoms with Gasteiger partial charge in [-0.2, -0.15) is 0 Å². The second-order valence-electron chi connectivity index (χ2n) is 6.76. The van der Waals surface area contributed by atoms with Crippen molar-refractivity contribution in [1.82, 2.24) is 4.57 Å². The molecule has 0 aliphatic carbocycles. The summed E-state index contributed by atoms with van der Waals surface area (Å²) in [5.41, 5.74) is 3.08. The van der Waals surface area contributed by atoms with Crippen molar-refractivity contribution in [3.63, 3.8) is 0 Å². The van der Waals surface area contributed by atoms with Crippen LogP contribution in [0.3, 0.4) is 0 Å². The third kappa shape index (κ3) is 4.28. The summed E-state index contributed by atoms with van der Waals surface area (Å²) >= 11 is 24.8. The van der Waals surface area contributed by atoms with Crippen LogP contribution >= 0.6 is 46.4 Å². The van der Waals surface area contributed by atoms with Crippen molar-refractivity contribution < 1.29 is 4.79 Å². The van der Waals surface area contributed by atoms with Crippen molar-refractivity contribution in [2.24, 2.45) is 0 Å². The van der Waals surface area contributed by atoms with Crippen molar-refractivity contribution in [2.75, 3.05) is 0 Å². The average Bonchev–Trinajstić information content (AvgIpc) is 3.00. The summed E-state index contributed by atoms with van der Waals surface area (Å²) < 4.78 is 1.93. The lowest BCUT2D eigenvalue weighted by Gasteiger charge is -2.07. The van der Waals surface area contributed by atoms with E-state index in [0.29, 0.717) is 37.9 Å². The van der Waals surface area contributed by atoms with Crippen LogP contribution in [0.15, 0.2) is 72.8 Å². The monoisotopic (exact) mass is 473 g/mol. The summed E-state index contributed by atoms with van der Waals surface area (Å²) in [4.78, 5) is 13.1. The topological polar surface area (TPSA) is 22.0 Å². The molecular formula is C24H15Cl4NO. The molecule has 4 aromatic rings. The fourth-order valence-corrected chi connectivity index (χ4v) is 4.26. The number of nitrogens with zero attached hydrogens (tertiary/aromatic N) is 1. The second kappa shape index (κ2) is 8.87. The Balaban J connectivity index is 1.73. The highest BCUT2D eigenvalue weighted by atomic mass is 35.5. The predicted octanol–water partition coefficient (Wildman–Crippen LogP) is 8.20. The number of halogens is 4. The third-order valence-corrected chi connectivity index (χ3v) is 5.99. The number of aromatic nitrogens is 1. The van der Waals surface area contributed by atoms with Crippen molar-refractivity contribution in [1.29, 1.82) is 0 Å². The predicted molar refractivity (Wildman–Crippen MR) is 127 cm³/mol. The fourth-order valence-electron chi connectivity index (χ4n) is 3.32. The largest absolute Gasteiger partial charge is 0.327 e. The van der Waals surface area contributed by atoms with Gasteiger partial charge in [-0.15, -0.1) is 0 Å². The molecule has 3 aromatic carbocycles. The summed E-state index contributed by atoms with van der Waals surface area (Å²) in [6.07, 6.45) is 3.15. The van der Waals surface area contributed by atoms with E-state index in [1.54, 1.807) is 24.3 Å². The summed E-state index contributed by atoms with van der Waals surface area (Å²) in [5.74, 6) is -0.197. The summed E-state index contributed by atoms with van der Waals surface area (Å²) in [5, 5.41) is 2.87. The molecule has 0 atom stereocenters. The van der Waals surface area contributed by atoms with Crippen LogP contribution in [0.1, 0.15) is 21.5 Å². The molecule has 6 heteroatoms. The molecule has 0 aliphatic rings. The molecule has 2 nitrogen and oxygen atoms in total. The van der Waals surface area contributed by atoms with Crippen molar-refractivity contribution in [3.8, 4) is 0 Å². The lowest BCUT2D eigenvalue weighted by Crippen LogP contribution is -2.01. The lowest BCUT2D eigenvalue weighted by atomic mass is 10.1. The van der Waals surface area contributed by atoms with Crippen LogP contribution < -0.4 is 0 Å². The molecule has 30 heavy (non-hydrogen) atoms. The number of carbonyl (C=O) groups is 1. The van der Waals surface area contributed by atoms with E-state index in [1.165, 1.54) is 6.08 Å². The first-order chi connectivity index (χ1) is 14.4. The number of benzene rings is 3. The Morgan fingerprint density at radius 1 is 0.867 bits per heavy atom. The highest BCUT2D eigenvalue weighted by molar-refractivity contribution is 6.37. The molecule has 4 rings (SSSR count). The van der Waals surface area contributed by atoms with Crippen LogP contribution in [0.2, 0.25) is 20.2 Å². The molecule has 0 spiro atoms. The molecule has 0 aliphatic heterocycles. The number of hydrogen-bond acceptors (Lipinski definition) is 1. The van der Waals surface area contributed by atoms with Crippen molar-refractivity contribution >= 4 is 69.2 Å². The first-order valence-electron chi connectivity index (χ1n) is 9.12. The van der Waals surface area contributed by atoms with E-state index in [4.69, 9.17) is 46.4 Å². The van der Waals surface area contributed by atoms with Gasteiger partial charge in [0.25, 0.3) is 0 Å². The summed E-state index contributed by atoms with van der Waals surface area (Å²) in [7, 11) is 0. The average molecular weight is 475 g/mol. The zero-order valence-corrected chi connectivity index (χ0v) is 18.6. The number of hydrogen-bond donors (Lipinski definition) is 0. The quantitative estimate of drug-likeness (QED) is 0.211. The minimum atomic E-state index is -0.197. The van der Waals surface area contributed by atoms with Crippen LogP contribution in [-0.4, -0.2) is 10.4 Å². The Bertz CT molecular complexity index is 1270. The van der Waals surface area contributed by atoms with Gasteiger partial charge in [-0.05, 0) is 53.6 Å². The molecular weight excluding hydrogens is 460 g/mol. The molecule has 0 bridgehead atoms. The van der Waals surface area contributed by atoms with Crippen LogP contribution in [0.5, 0.6) is 0 Å². The van der Waals surface area contributed by atoms with E-state index < -0.39 is 0 Å². The Morgan fingerprint density at radius 2 is 1.57 bits per heavy atom. The third-order valence-electron chi connectivity index (χ3n) is 4.78. The zero-order chi connectivity index (χ0) is 21.3. The molecule has 1 aromatic heterocycles. The lowest BCUT2D eigenvalue weighted by molar-refractivity contribution is 0.104. The SMILES string of the molecule is O=C(/C=C/c1ccc(Cl)cc1Cl)c1c(Cl)n(Cc2ccc(Cl)cc2)c2ccccc12. The highest BCUT2D eigenvalue weighted by Crippen LogP contribution is 2.32. The van der Waals surface area contributed by atoms with E-state index in [2.05, 4.69) is 0 Å². The van der Waals surface area contributed by atoms with Gasteiger partial charge in [-0.1, -0.05) is 82.8 Å². The maximum atomic E-state index is 13.1. The van der Waals surface area contributed by atoms with Gasteiger partial charge < -0.3 is 4.57 Å². The zero-order valence-electron chi connectivity index (χ0n) is 15.6. The van der Waals surface area contributed by atoms with Gasteiger partial charge in [-0.25, -0.2) is 0 Å². The maximum Gasteiger partial charge on any atom is 0.189 e. The molecule has 0 saturated carbocycles. The van der Waals surface area contributed by atoms with E-state index in [0.717, 1.165) is 16.5 Å². The smallest absolute Gasteiger partial charge is 0.189 e. The molecule has 0 fully saturated rings. The first kappa shape index (κ1) is 21.0. The second-order valence-corrected chi connectivity index (χ2v) is 8.40. The molecule has 1 heterocycles. The molecule has 0 unspecified atom stereocenters. The standard InChI is InChI=1S/C24H15Cl4NO/c25-17-9-5-15(6-10-17)14-29-21-4-2-1-3-19(21)23(24(29)28)22(30)12-8-16-7-11-18(26)13-20(16)27/h1-13H,14H2/b12-8+. The number of ketones is 1. The van der Waals surface area contributed by atoms with Crippen LogP contribution in [0.4, 0.5) is 0 Å².